The Hall–Kier alpha value is -0.614. The van der Waals surface area contributed by atoms with E-state index in [4.69, 9.17) is 4.74 Å². The van der Waals surface area contributed by atoms with Gasteiger partial charge < -0.3 is 9.64 Å². The van der Waals surface area contributed by atoms with Gasteiger partial charge in [0.05, 0.1) is 0 Å². The zero-order valence-corrected chi connectivity index (χ0v) is 13.2. The van der Waals surface area contributed by atoms with Crippen LogP contribution in [-0.4, -0.2) is 29.7 Å². The number of likely N-dealkylation sites (tertiary alicyclic amines) is 1. The third-order valence-corrected chi connectivity index (χ3v) is 3.48. The molecular weight excluding hydrogens is 285 g/mol. The maximum absolute atomic E-state index is 12.0. The summed E-state index contributed by atoms with van der Waals surface area (Å²) >= 11 is 0. The summed E-state index contributed by atoms with van der Waals surface area (Å²) in [6, 6.07) is 0. The van der Waals surface area contributed by atoms with E-state index >= 15 is 0 Å². The number of rotatable bonds is 0. The second kappa shape index (κ2) is 6.71. The molecule has 3 nitrogen and oxygen atoms in total. The van der Waals surface area contributed by atoms with E-state index in [1.165, 1.54) is 37.7 Å². The Labute approximate surface area is 127 Å². The normalized spacial score (nSPS) is 19.8. The second-order valence-corrected chi connectivity index (χ2v) is 6.25. The number of amides is 1. The van der Waals surface area contributed by atoms with Crippen LogP contribution in [0.3, 0.4) is 0 Å². The zero-order valence-electron chi connectivity index (χ0n) is 12.1. The number of carbonyl (C=O) groups is 1. The smallest absolute Gasteiger partial charge is 0.409 e. The Bertz CT molecular complexity index is 350. The minimum atomic E-state index is -0.405. The van der Waals surface area contributed by atoms with E-state index < -0.39 is 5.60 Å². The summed E-state index contributed by atoms with van der Waals surface area (Å²) in [4.78, 5) is 13.7. The number of ether oxygens (including phenoxy) is 1. The van der Waals surface area contributed by atoms with Crippen molar-refractivity contribution >= 4 is 6.09 Å². The average Bonchev–Trinajstić information content (AvgIpc) is 2.77. The van der Waals surface area contributed by atoms with Gasteiger partial charge in [0.1, 0.15) is 5.60 Å². The van der Waals surface area contributed by atoms with Gasteiger partial charge in [0.15, 0.2) is 0 Å². The molecule has 1 heterocycles. The molecule has 0 aromatic rings. The van der Waals surface area contributed by atoms with Gasteiger partial charge in [-0.3, -0.25) is 0 Å². The molecule has 19 heavy (non-hydrogen) atoms. The van der Waals surface area contributed by atoms with E-state index in [-0.39, 0.29) is 22.9 Å². The van der Waals surface area contributed by atoms with Gasteiger partial charge in [0.25, 0.3) is 0 Å². The summed E-state index contributed by atoms with van der Waals surface area (Å²) in [6.07, 6.45) is 8.40. The Morgan fingerprint density at radius 1 is 1.21 bits per heavy atom. The molecule has 1 radical (unpaired) electrons. The maximum atomic E-state index is 12.0. The molecule has 0 aromatic heterocycles. The first-order chi connectivity index (χ1) is 8.46. The van der Waals surface area contributed by atoms with Gasteiger partial charge >= 0.3 is 6.09 Å². The standard InChI is InChI=1S/C15H24NO2.Co/c1-15(2,3)18-14(17)16-10-9-13(11-16)12-7-5-4-6-8-12;/h9H,4-8,10-11H2,1-3H3;/q-1;. The number of carbonyl (C=O) groups excluding carboxylic acids is 1. The first-order valence-corrected chi connectivity index (χ1v) is 6.98. The van der Waals surface area contributed by atoms with Crippen LogP contribution in [0.25, 0.3) is 0 Å². The van der Waals surface area contributed by atoms with E-state index in [1.54, 1.807) is 10.5 Å². The third-order valence-electron chi connectivity index (χ3n) is 3.48. The van der Waals surface area contributed by atoms with Gasteiger partial charge in [-0.05, 0) is 27.3 Å². The van der Waals surface area contributed by atoms with Crippen LogP contribution in [-0.2, 0) is 21.5 Å². The monoisotopic (exact) mass is 309 g/mol. The molecule has 2 aliphatic rings. The molecule has 1 saturated heterocycles. The molecule has 1 aliphatic heterocycles. The fourth-order valence-corrected chi connectivity index (χ4v) is 2.58. The summed E-state index contributed by atoms with van der Waals surface area (Å²) in [5.74, 6) is 0. The molecule has 1 aliphatic carbocycles. The Morgan fingerprint density at radius 2 is 1.84 bits per heavy atom. The van der Waals surface area contributed by atoms with Crippen molar-refractivity contribution in [3.05, 3.63) is 17.6 Å². The van der Waals surface area contributed by atoms with Gasteiger partial charge in [-0.15, -0.1) is 0 Å². The molecule has 0 atom stereocenters. The van der Waals surface area contributed by atoms with Crippen LogP contribution in [0.2, 0.25) is 0 Å². The molecule has 1 saturated carbocycles. The van der Waals surface area contributed by atoms with Crippen molar-refractivity contribution in [2.45, 2.75) is 58.5 Å². The molecule has 0 bridgehead atoms. The third kappa shape index (κ3) is 4.77. The maximum Gasteiger partial charge on any atom is 0.409 e. The van der Waals surface area contributed by atoms with Crippen molar-refractivity contribution in [3.63, 3.8) is 0 Å². The minimum absolute atomic E-state index is 0. The largest absolute Gasteiger partial charge is 0.444 e. The van der Waals surface area contributed by atoms with Gasteiger partial charge in [-0.25, -0.2) is 16.8 Å². The Morgan fingerprint density at radius 3 is 2.42 bits per heavy atom. The van der Waals surface area contributed by atoms with Crippen LogP contribution in [0.4, 0.5) is 4.79 Å². The fourth-order valence-electron chi connectivity index (χ4n) is 2.58. The van der Waals surface area contributed by atoms with Crippen molar-refractivity contribution in [2.75, 3.05) is 13.1 Å². The van der Waals surface area contributed by atoms with E-state index in [1.807, 2.05) is 20.8 Å². The average molecular weight is 309 g/mol. The quantitative estimate of drug-likeness (QED) is 0.639. The molecule has 2 fully saturated rings. The molecule has 1 amide bonds. The molecular formula is C15H24CoNO2-. The first-order valence-electron chi connectivity index (χ1n) is 6.98. The molecule has 0 spiro atoms. The van der Waals surface area contributed by atoms with E-state index in [0.717, 1.165) is 6.54 Å². The predicted molar refractivity (Wildman–Crippen MR) is 72.2 cm³/mol. The molecule has 4 heteroatoms. The summed E-state index contributed by atoms with van der Waals surface area (Å²) in [7, 11) is 0. The summed E-state index contributed by atoms with van der Waals surface area (Å²) in [6.45, 7) is 7.17. The van der Waals surface area contributed by atoms with Gasteiger partial charge in [-0.1, -0.05) is 32.1 Å². The molecule has 0 N–H and O–H groups in total. The number of hydrogen-bond donors (Lipinski definition) is 0. The predicted octanol–water partition coefficient (Wildman–Crippen LogP) is 3.70. The van der Waals surface area contributed by atoms with E-state index in [2.05, 4.69) is 6.42 Å². The van der Waals surface area contributed by atoms with Gasteiger partial charge in [0, 0.05) is 23.3 Å². The van der Waals surface area contributed by atoms with Crippen LogP contribution < -0.4 is 0 Å². The Kier molecular flexibility index (Phi) is 5.80. The SMILES string of the molecule is CC(C)(C)OC(=O)N1C[CH-]C(=C2CCCCC2)C1.[Co]. The summed E-state index contributed by atoms with van der Waals surface area (Å²) in [5, 5.41) is 0. The van der Waals surface area contributed by atoms with Crippen LogP contribution >= 0.6 is 0 Å². The number of allylic oxidation sites excluding steroid dienone is 1. The van der Waals surface area contributed by atoms with E-state index in [9.17, 15) is 4.79 Å². The van der Waals surface area contributed by atoms with Crippen LogP contribution in [0.5, 0.6) is 0 Å². The Balaban J connectivity index is 0.00000180. The van der Waals surface area contributed by atoms with Gasteiger partial charge in [0.2, 0.25) is 0 Å². The van der Waals surface area contributed by atoms with E-state index in [0.29, 0.717) is 6.54 Å². The van der Waals surface area contributed by atoms with Crippen molar-refractivity contribution in [1.82, 2.24) is 4.90 Å². The molecule has 0 unspecified atom stereocenters. The van der Waals surface area contributed by atoms with Crippen LogP contribution in [0.1, 0.15) is 52.9 Å². The summed E-state index contributed by atoms with van der Waals surface area (Å²) < 4.78 is 5.40. The number of nitrogens with zero attached hydrogens (tertiary/aromatic N) is 1. The van der Waals surface area contributed by atoms with Crippen LogP contribution in [0, 0.1) is 6.42 Å². The first kappa shape index (κ1) is 16.4. The van der Waals surface area contributed by atoms with Crippen LogP contribution in [0.15, 0.2) is 11.1 Å². The van der Waals surface area contributed by atoms with Crippen molar-refractivity contribution in [2.24, 2.45) is 0 Å². The van der Waals surface area contributed by atoms with Gasteiger partial charge in [-0.2, -0.15) is 5.57 Å². The summed E-state index contributed by atoms with van der Waals surface area (Å²) in [5.41, 5.74) is 2.53. The molecule has 2 rings (SSSR count). The number of hydrogen-bond acceptors (Lipinski definition) is 2. The van der Waals surface area contributed by atoms with Crippen molar-refractivity contribution in [3.8, 4) is 0 Å². The minimum Gasteiger partial charge on any atom is -0.444 e. The van der Waals surface area contributed by atoms with Crippen molar-refractivity contribution in [1.29, 1.82) is 0 Å². The topological polar surface area (TPSA) is 29.5 Å². The van der Waals surface area contributed by atoms with Crippen molar-refractivity contribution < 1.29 is 26.3 Å². The molecule has 111 valence electrons. The molecule has 0 aromatic carbocycles. The zero-order chi connectivity index (χ0) is 13.2. The second-order valence-electron chi connectivity index (χ2n) is 6.25. The fraction of sp³-hybridized carbons (Fsp3) is 0.733.